The molecule has 0 aromatic carbocycles. The molecule has 0 aliphatic rings. The molecule has 6 heteroatoms. The molecule has 3 nitrogen and oxygen atoms in total. The van der Waals surface area contributed by atoms with Crippen molar-refractivity contribution in [3.63, 3.8) is 0 Å². The Morgan fingerprint density at radius 2 is 2.29 bits per heavy atom. The van der Waals surface area contributed by atoms with Crippen LogP contribution in [0, 0.1) is 0 Å². The first-order valence-electron chi connectivity index (χ1n) is 4.77. The van der Waals surface area contributed by atoms with Crippen LogP contribution in [0.4, 0.5) is 5.82 Å². The molecule has 0 unspecified atom stereocenters. The van der Waals surface area contributed by atoms with Gasteiger partial charge in [0, 0.05) is 6.20 Å². The van der Waals surface area contributed by atoms with Gasteiger partial charge in [-0.1, -0.05) is 23.2 Å². The second-order valence-electron chi connectivity index (χ2n) is 3.34. The van der Waals surface area contributed by atoms with Crippen LogP contribution < -0.4 is 5.32 Å². The third-order valence-corrected chi connectivity index (χ3v) is 3.24. The number of nitrogens with zero attached hydrogens (tertiary/aromatic N) is 1. The summed E-state index contributed by atoms with van der Waals surface area (Å²) in [4.78, 5) is 15.6. The lowest BCUT2D eigenvalue weighted by molar-refractivity contribution is -0.115. The molecule has 0 saturated carbocycles. The summed E-state index contributed by atoms with van der Waals surface area (Å²) in [7, 11) is 0. The summed E-state index contributed by atoms with van der Waals surface area (Å²) >= 11 is 13.2. The van der Waals surface area contributed by atoms with Crippen LogP contribution in [0.1, 0.15) is 5.56 Å². The van der Waals surface area contributed by atoms with Gasteiger partial charge in [0.1, 0.15) is 0 Å². The second kappa shape index (κ2) is 5.49. The predicted octanol–water partition coefficient (Wildman–Crippen LogP) is 3.63. The van der Waals surface area contributed by atoms with Crippen molar-refractivity contribution in [2.75, 3.05) is 5.32 Å². The lowest BCUT2D eigenvalue weighted by Crippen LogP contribution is -2.15. The maximum Gasteiger partial charge on any atom is 0.230 e. The number of hydrogen-bond donors (Lipinski definition) is 1. The highest BCUT2D eigenvalue weighted by Crippen LogP contribution is 2.22. The number of aromatic nitrogens is 1. The number of rotatable bonds is 3. The highest BCUT2D eigenvalue weighted by Gasteiger charge is 2.08. The van der Waals surface area contributed by atoms with E-state index in [0.717, 1.165) is 5.56 Å². The Hall–Kier alpha value is -1.10. The third-order valence-electron chi connectivity index (χ3n) is 2.01. The van der Waals surface area contributed by atoms with Crippen molar-refractivity contribution < 1.29 is 4.79 Å². The van der Waals surface area contributed by atoms with Crippen LogP contribution in [-0.4, -0.2) is 10.9 Å². The SMILES string of the molecule is O=C(Cc1ccsc1)Nc1ncc(Cl)cc1Cl. The minimum Gasteiger partial charge on any atom is -0.309 e. The van der Waals surface area contributed by atoms with E-state index in [1.807, 2.05) is 16.8 Å². The second-order valence-corrected chi connectivity index (χ2v) is 4.96. The zero-order chi connectivity index (χ0) is 12.3. The molecular weight excluding hydrogens is 279 g/mol. The van der Waals surface area contributed by atoms with E-state index < -0.39 is 0 Å². The number of anilines is 1. The van der Waals surface area contributed by atoms with Crippen molar-refractivity contribution in [2.24, 2.45) is 0 Å². The number of halogens is 2. The summed E-state index contributed by atoms with van der Waals surface area (Å²) in [6, 6.07) is 3.44. The van der Waals surface area contributed by atoms with Crippen molar-refractivity contribution in [1.82, 2.24) is 4.98 Å². The molecule has 17 heavy (non-hydrogen) atoms. The molecule has 2 rings (SSSR count). The Morgan fingerprint density at radius 3 is 2.94 bits per heavy atom. The van der Waals surface area contributed by atoms with E-state index in [2.05, 4.69) is 10.3 Å². The van der Waals surface area contributed by atoms with Crippen molar-refractivity contribution in [3.8, 4) is 0 Å². The minimum absolute atomic E-state index is 0.153. The van der Waals surface area contributed by atoms with Crippen molar-refractivity contribution >= 4 is 46.3 Å². The number of nitrogens with one attached hydrogen (secondary N) is 1. The molecule has 0 atom stereocenters. The van der Waals surface area contributed by atoms with E-state index in [4.69, 9.17) is 23.2 Å². The zero-order valence-electron chi connectivity index (χ0n) is 8.61. The van der Waals surface area contributed by atoms with Gasteiger partial charge in [-0.2, -0.15) is 11.3 Å². The minimum atomic E-state index is -0.153. The zero-order valence-corrected chi connectivity index (χ0v) is 10.9. The number of pyridine rings is 1. The van der Waals surface area contributed by atoms with Crippen molar-refractivity contribution in [1.29, 1.82) is 0 Å². The van der Waals surface area contributed by atoms with E-state index in [-0.39, 0.29) is 5.91 Å². The highest BCUT2D eigenvalue weighted by atomic mass is 35.5. The topological polar surface area (TPSA) is 42.0 Å². The van der Waals surface area contributed by atoms with Crippen LogP contribution in [0.15, 0.2) is 29.1 Å². The van der Waals surface area contributed by atoms with Gasteiger partial charge in [-0.05, 0) is 28.5 Å². The Balaban J connectivity index is 2.03. The van der Waals surface area contributed by atoms with E-state index >= 15 is 0 Å². The smallest absolute Gasteiger partial charge is 0.230 e. The summed E-state index contributed by atoms with van der Waals surface area (Å²) in [5.74, 6) is 0.177. The molecule has 0 bridgehead atoms. The first-order valence-corrected chi connectivity index (χ1v) is 6.47. The number of carbonyl (C=O) groups is 1. The monoisotopic (exact) mass is 286 g/mol. The Kier molecular flexibility index (Phi) is 3.99. The van der Waals surface area contributed by atoms with E-state index in [1.54, 1.807) is 11.3 Å². The summed E-state index contributed by atoms with van der Waals surface area (Å²) < 4.78 is 0. The first-order chi connectivity index (χ1) is 8.15. The molecule has 2 heterocycles. The van der Waals surface area contributed by atoms with Gasteiger partial charge in [0.15, 0.2) is 5.82 Å². The lowest BCUT2D eigenvalue weighted by atomic mass is 10.2. The molecule has 88 valence electrons. The summed E-state index contributed by atoms with van der Waals surface area (Å²) in [6.07, 6.45) is 1.75. The Labute approximate surface area is 112 Å². The standard InChI is InChI=1S/C11H8Cl2N2OS/c12-8-4-9(13)11(14-5-8)15-10(16)3-7-1-2-17-6-7/h1-2,4-6H,3H2,(H,14,15,16). The quantitative estimate of drug-likeness (QED) is 0.936. The van der Waals surface area contributed by atoms with Crippen LogP contribution in [0.25, 0.3) is 0 Å². The van der Waals surface area contributed by atoms with Crippen molar-refractivity contribution in [2.45, 2.75) is 6.42 Å². The molecule has 2 aromatic heterocycles. The summed E-state index contributed by atoms with van der Waals surface area (Å²) in [5.41, 5.74) is 0.970. The van der Waals surface area contributed by atoms with Crippen LogP contribution >= 0.6 is 34.5 Å². The average Bonchev–Trinajstić information content (AvgIpc) is 2.75. The molecule has 1 N–H and O–H groups in total. The normalized spacial score (nSPS) is 10.2. The largest absolute Gasteiger partial charge is 0.309 e. The van der Waals surface area contributed by atoms with E-state index in [1.165, 1.54) is 12.3 Å². The molecule has 0 aliphatic carbocycles. The maximum absolute atomic E-state index is 11.7. The molecule has 0 fully saturated rings. The maximum atomic E-state index is 11.7. The molecule has 1 amide bonds. The van der Waals surface area contributed by atoms with Gasteiger partial charge < -0.3 is 5.32 Å². The molecular formula is C11H8Cl2N2OS. The first kappa shape index (κ1) is 12.4. The fraction of sp³-hybridized carbons (Fsp3) is 0.0909. The van der Waals surface area contributed by atoms with Gasteiger partial charge in [0.05, 0.1) is 16.5 Å². The van der Waals surface area contributed by atoms with Gasteiger partial charge in [-0.15, -0.1) is 0 Å². The van der Waals surface area contributed by atoms with Gasteiger partial charge in [0.25, 0.3) is 0 Å². The Morgan fingerprint density at radius 1 is 1.47 bits per heavy atom. The number of carbonyl (C=O) groups excluding carboxylic acids is 1. The van der Waals surface area contributed by atoms with Gasteiger partial charge in [-0.25, -0.2) is 4.98 Å². The molecule has 0 saturated heterocycles. The predicted molar refractivity (Wildman–Crippen MR) is 70.9 cm³/mol. The number of amides is 1. The highest BCUT2D eigenvalue weighted by molar-refractivity contribution is 7.08. The number of thiophene rings is 1. The summed E-state index contributed by atoms with van der Waals surface area (Å²) in [5, 5.41) is 7.26. The molecule has 0 aliphatic heterocycles. The van der Waals surface area contributed by atoms with Crippen LogP contribution in [0.5, 0.6) is 0 Å². The van der Waals surface area contributed by atoms with Crippen LogP contribution in [0.3, 0.4) is 0 Å². The molecule has 2 aromatic rings. The average molecular weight is 287 g/mol. The lowest BCUT2D eigenvalue weighted by Gasteiger charge is -2.05. The molecule has 0 radical (unpaired) electrons. The fourth-order valence-electron chi connectivity index (χ4n) is 1.26. The third kappa shape index (κ3) is 3.43. The van der Waals surface area contributed by atoms with Crippen molar-refractivity contribution in [3.05, 3.63) is 44.7 Å². The summed E-state index contributed by atoms with van der Waals surface area (Å²) in [6.45, 7) is 0. The van der Waals surface area contributed by atoms with Crippen LogP contribution in [-0.2, 0) is 11.2 Å². The van der Waals surface area contributed by atoms with Gasteiger partial charge in [0.2, 0.25) is 5.91 Å². The molecule has 0 spiro atoms. The van der Waals surface area contributed by atoms with Crippen LogP contribution in [0.2, 0.25) is 10.0 Å². The number of hydrogen-bond acceptors (Lipinski definition) is 3. The fourth-order valence-corrected chi connectivity index (χ4v) is 2.36. The van der Waals surface area contributed by atoms with Gasteiger partial charge in [-0.3, -0.25) is 4.79 Å². The van der Waals surface area contributed by atoms with E-state index in [0.29, 0.717) is 22.3 Å². The van der Waals surface area contributed by atoms with E-state index in [9.17, 15) is 4.79 Å². The van der Waals surface area contributed by atoms with Gasteiger partial charge >= 0.3 is 0 Å². The Bertz CT molecular complexity index is 528.